The summed E-state index contributed by atoms with van der Waals surface area (Å²) in [5.74, 6) is 0.706. The zero-order valence-electron chi connectivity index (χ0n) is 11.8. The summed E-state index contributed by atoms with van der Waals surface area (Å²) in [7, 11) is 1.59. The van der Waals surface area contributed by atoms with Gasteiger partial charge in [-0.3, -0.25) is 0 Å². The van der Waals surface area contributed by atoms with Crippen LogP contribution in [0.15, 0.2) is 30.6 Å². The minimum Gasteiger partial charge on any atom is -0.497 e. The van der Waals surface area contributed by atoms with Crippen molar-refractivity contribution < 1.29 is 4.74 Å². The lowest BCUT2D eigenvalue weighted by atomic mass is 10.00. The van der Waals surface area contributed by atoms with Crippen molar-refractivity contribution in [2.75, 3.05) is 7.11 Å². The summed E-state index contributed by atoms with van der Waals surface area (Å²) in [6.07, 6.45) is 1.48. The number of aromatic nitrogens is 2. The second-order valence-corrected chi connectivity index (χ2v) is 4.65. The number of nitrogens with zero attached hydrogens (tertiary/aromatic N) is 4. The molecule has 0 amide bonds. The van der Waals surface area contributed by atoms with Crippen molar-refractivity contribution >= 4 is 0 Å². The summed E-state index contributed by atoms with van der Waals surface area (Å²) < 4.78 is 6.86. The van der Waals surface area contributed by atoms with Crippen LogP contribution in [0, 0.1) is 22.7 Å². The number of imidazole rings is 1. The molecule has 0 aliphatic rings. The number of methoxy groups -OCH3 is 1. The number of nitrogens with two attached hydrogens (primary N) is 1. The quantitative estimate of drug-likeness (QED) is 0.916. The molecule has 0 saturated heterocycles. The Kier molecular flexibility index (Phi) is 4.22. The zero-order valence-corrected chi connectivity index (χ0v) is 11.8. The molecule has 0 aliphatic heterocycles. The van der Waals surface area contributed by atoms with Crippen LogP contribution in [0.5, 0.6) is 5.75 Å². The Morgan fingerprint density at radius 1 is 1.33 bits per heavy atom. The van der Waals surface area contributed by atoms with Gasteiger partial charge in [0.15, 0.2) is 11.4 Å². The lowest BCUT2D eigenvalue weighted by Crippen LogP contribution is -2.30. The average Bonchev–Trinajstić information content (AvgIpc) is 2.90. The molecule has 2 atom stereocenters. The topological polar surface area (TPSA) is 101 Å². The molecule has 106 valence electrons. The third kappa shape index (κ3) is 2.71. The van der Waals surface area contributed by atoms with E-state index in [9.17, 15) is 5.26 Å². The van der Waals surface area contributed by atoms with Crippen LogP contribution in [-0.4, -0.2) is 22.7 Å². The van der Waals surface area contributed by atoms with Crippen molar-refractivity contribution in [1.82, 2.24) is 9.55 Å². The molecule has 1 aromatic heterocycles. The van der Waals surface area contributed by atoms with E-state index in [1.807, 2.05) is 43.3 Å². The minimum atomic E-state index is -0.302. The first kappa shape index (κ1) is 14.6. The van der Waals surface area contributed by atoms with Gasteiger partial charge in [0, 0.05) is 6.04 Å². The van der Waals surface area contributed by atoms with Crippen molar-refractivity contribution in [3.05, 3.63) is 47.5 Å². The average molecular weight is 281 g/mol. The number of rotatable bonds is 4. The highest BCUT2D eigenvalue weighted by molar-refractivity contribution is 5.39. The Bertz CT molecular complexity index is 720. The van der Waals surface area contributed by atoms with E-state index in [1.54, 1.807) is 11.7 Å². The van der Waals surface area contributed by atoms with Crippen LogP contribution in [0.1, 0.15) is 29.9 Å². The molecule has 6 heteroatoms. The molecule has 0 radical (unpaired) electrons. The molecule has 0 aliphatic carbocycles. The summed E-state index contributed by atoms with van der Waals surface area (Å²) in [5, 5.41) is 18.3. The zero-order chi connectivity index (χ0) is 15.4. The van der Waals surface area contributed by atoms with Gasteiger partial charge < -0.3 is 15.0 Å². The fourth-order valence-electron chi connectivity index (χ4n) is 2.31. The second kappa shape index (κ2) is 6.08. The smallest absolute Gasteiger partial charge is 0.176 e. The predicted molar refractivity (Wildman–Crippen MR) is 76.4 cm³/mol. The SMILES string of the molecule is COc1cccc(C(C(C)N)n2cnc(C#N)c2C#N)c1. The van der Waals surface area contributed by atoms with Gasteiger partial charge >= 0.3 is 0 Å². The number of hydrogen-bond donors (Lipinski definition) is 1. The van der Waals surface area contributed by atoms with Gasteiger partial charge in [-0.25, -0.2) is 4.98 Å². The maximum Gasteiger partial charge on any atom is 0.176 e. The maximum absolute atomic E-state index is 9.27. The van der Waals surface area contributed by atoms with Gasteiger partial charge in [-0.2, -0.15) is 10.5 Å². The number of benzene rings is 1. The van der Waals surface area contributed by atoms with E-state index < -0.39 is 0 Å². The van der Waals surface area contributed by atoms with Crippen molar-refractivity contribution in [3.8, 4) is 17.9 Å². The first-order chi connectivity index (χ1) is 10.1. The van der Waals surface area contributed by atoms with Crippen molar-refractivity contribution in [2.45, 2.75) is 19.0 Å². The van der Waals surface area contributed by atoms with Gasteiger partial charge in [0.25, 0.3) is 0 Å². The molecule has 6 nitrogen and oxygen atoms in total. The van der Waals surface area contributed by atoms with Crippen LogP contribution < -0.4 is 10.5 Å². The van der Waals surface area contributed by atoms with Crippen LogP contribution in [0.25, 0.3) is 0 Å². The molecule has 0 bridgehead atoms. The molecule has 21 heavy (non-hydrogen) atoms. The molecule has 2 rings (SSSR count). The highest BCUT2D eigenvalue weighted by Gasteiger charge is 2.23. The van der Waals surface area contributed by atoms with Gasteiger partial charge in [-0.15, -0.1) is 0 Å². The number of ether oxygens (including phenoxy) is 1. The first-order valence-electron chi connectivity index (χ1n) is 6.39. The summed E-state index contributed by atoms with van der Waals surface area (Å²) in [6, 6.07) is 10.8. The largest absolute Gasteiger partial charge is 0.497 e. The molecule has 2 unspecified atom stereocenters. The fourth-order valence-corrected chi connectivity index (χ4v) is 2.31. The lowest BCUT2D eigenvalue weighted by Gasteiger charge is -2.24. The summed E-state index contributed by atoms with van der Waals surface area (Å²) in [5.41, 5.74) is 7.29. The second-order valence-electron chi connectivity index (χ2n) is 4.65. The van der Waals surface area contributed by atoms with Gasteiger partial charge in [-0.05, 0) is 24.6 Å². The highest BCUT2D eigenvalue weighted by Crippen LogP contribution is 2.26. The highest BCUT2D eigenvalue weighted by atomic mass is 16.5. The Morgan fingerprint density at radius 3 is 2.67 bits per heavy atom. The summed E-state index contributed by atoms with van der Waals surface area (Å²) in [6.45, 7) is 1.84. The number of nitriles is 2. The van der Waals surface area contributed by atoms with Crippen LogP contribution in [0.3, 0.4) is 0 Å². The molecule has 0 saturated carbocycles. The molecule has 1 heterocycles. The molecule has 2 aromatic rings. The normalized spacial score (nSPS) is 13.0. The summed E-state index contributed by atoms with van der Waals surface area (Å²) in [4.78, 5) is 3.97. The Balaban J connectivity index is 2.57. The first-order valence-corrected chi connectivity index (χ1v) is 6.39. The van der Waals surface area contributed by atoms with Crippen LogP contribution >= 0.6 is 0 Å². The Hall–Kier alpha value is -2.83. The Morgan fingerprint density at radius 2 is 2.10 bits per heavy atom. The van der Waals surface area contributed by atoms with Gasteiger partial charge in [0.2, 0.25) is 0 Å². The van der Waals surface area contributed by atoms with Gasteiger partial charge in [0.05, 0.1) is 19.5 Å². The monoisotopic (exact) mass is 281 g/mol. The molecule has 2 N–H and O–H groups in total. The molecular weight excluding hydrogens is 266 g/mol. The molecular formula is C15H15N5O. The molecule has 1 aromatic carbocycles. The van der Waals surface area contributed by atoms with Crippen molar-refractivity contribution in [1.29, 1.82) is 10.5 Å². The van der Waals surface area contributed by atoms with E-state index in [0.29, 0.717) is 5.75 Å². The Labute approximate surface area is 123 Å². The number of hydrogen-bond acceptors (Lipinski definition) is 5. The lowest BCUT2D eigenvalue weighted by molar-refractivity contribution is 0.412. The third-order valence-corrected chi connectivity index (χ3v) is 3.24. The third-order valence-electron chi connectivity index (χ3n) is 3.24. The molecule has 0 spiro atoms. The predicted octanol–water partition coefficient (Wildman–Crippen LogP) is 1.57. The standard InChI is InChI=1S/C15H15N5O/c1-10(18)15(11-4-3-5-12(6-11)21-2)20-9-19-13(7-16)14(20)8-17/h3-6,9-10,15H,18H2,1-2H3. The minimum absolute atomic E-state index is 0.103. The molecule has 0 fully saturated rings. The van der Waals surface area contributed by atoms with Crippen LogP contribution in [-0.2, 0) is 0 Å². The van der Waals surface area contributed by atoms with Crippen LogP contribution in [0.2, 0.25) is 0 Å². The van der Waals surface area contributed by atoms with E-state index >= 15 is 0 Å². The maximum atomic E-state index is 9.27. The van der Waals surface area contributed by atoms with E-state index in [2.05, 4.69) is 4.98 Å². The van der Waals surface area contributed by atoms with Crippen molar-refractivity contribution in [2.24, 2.45) is 5.73 Å². The summed E-state index contributed by atoms with van der Waals surface area (Å²) >= 11 is 0. The van der Waals surface area contributed by atoms with E-state index in [4.69, 9.17) is 15.7 Å². The van der Waals surface area contributed by atoms with Crippen LogP contribution in [0.4, 0.5) is 0 Å². The van der Waals surface area contributed by atoms with Gasteiger partial charge in [-0.1, -0.05) is 12.1 Å². The van der Waals surface area contributed by atoms with E-state index in [-0.39, 0.29) is 23.5 Å². The van der Waals surface area contributed by atoms with Crippen molar-refractivity contribution in [3.63, 3.8) is 0 Å². The fraction of sp³-hybridized carbons (Fsp3) is 0.267. The van der Waals surface area contributed by atoms with E-state index in [1.165, 1.54) is 6.33 Å². The van der Waals surface area contributed by atoms with E-state index in [0.717, 1.165) is 5.56 Å². The van der Waals surface area contributed by atoms with Gasteiger partial charge in [0.1, 0.15) is 17.9 Å².